The molecule has 0 bridgehead atoms. The summed E-state index contributed by atoms with van der Waals surface area (Å²) >= 11 is 4.61. The first-order valence-corrected chi connectivity index (χ1v) is 6.82. The van der Waals surface area contributed by atoms with Crippen LogP contribution in [0.2, 0.25) is 0 Å². The highest BCUT2D eigenvalue weighted by Gasteiger charge is 2.13. The summed E-state index contributed by atoms with van der Waals surface area (Å²) in [4.78, 5) is 15.8. The molecular formula is C11H9BrN4O2S. The lowest BCUT2D eigenvalue weighted by Gasteiger charge is -2.09. The number of benzene rings is 1. The van der Waals surface area contributed by atoms with Crippen LogP contribution in [0.1, 0.15) is 16.1 Å². The van der Waals surface area contributed by atoms with E-state index in [1.165, 1.54) is 11.3 Å². The van der Waals surface area contributed by atoms with E-state index in [-0.39, 0.29) is 11.7 Å². The molecule has 1 heterocycles. The van der Waals surface area contributed by atoms with E-state index < -0.39 is 0 Å². The molecule has 4 N–H and O–H groups in total. The van der Waals surface area contributed by atoms with Crippen molar-refractivity contribution in [2.75, 3.05) is 5.32 Å². The third-order valence-corrected chi connectivity index (χ3v) is 3.36. The Morgan fingerprint density at radius 1 is 1.53 bits per heavy atom. The van der Waals surface area contributed by atoms with Crippen molar-refractivity contribution in [2.45, 2.75) is 0 Å². The van der Waals surface area contributed by atoms with Crippen LogP contribution in [0.15, 0.2) is 38.7 Å². The van der Waals surface area contributed by atoms with Gasteiger partial charge in [-0.1, -0.05) is 21.1 Å². The number of carbonyl (C=O) groups excluding carboxylic acids is 1. The van der Waals surface area contributed by atoms with Gasteiger partial charge >= 0.3 is 0 Å². The summed E-state index contributed by atoms with van der Waals surface area (Å²) in [5, 5.41) is 16.0. The number of nitrogens with zero attached hydrogens (tertiary/aromatic N) is 2. The number of anilines is 1. The van der Waals surface area contributed by atoms with Crippen LogP contribution in [-0.4, -0.2) is 21.9 Å². The van der Waals surface area contributed by atoms with Crippen molar-refractivity contribution in [3.8, 4) is 0 Å². The van der Waals surface area contributed by atoms with E-state index in [0.29, 0.717) is 16.9 Å². The maximum absolute atomic E-state index is 11.9. The van der Waals surface area contributed by atoms with Gasteiger partial charge in [0.1, 0.15) is 5.69 Å². The van der Waals surface area contributed by atoms with Gasteiger partial charge in [0, 0.05) is 15.4 Å². The molecule has 0 radical (unpaired) electrons. The highest BCUT2D eigenvalue weighted by Crippen LogP contribution is 2.21. The lowest BCUT2D eigenvalue weighted by Crippen LogP contribution is -2.19. The predicted molar refractivity (Wildman–Crippen MR) is 76.7 cm³/mol. The van der Waals surface area contributed by atoms with Crippen molar-refractivity contribution in [3.63, 3.8) is 0 Å². The van der Waals surface area contributed by atoms with Gasteiger partial charge in [0.2, 0.25) is 0 Å². The van der Waals surface area contributed by atoms with Gasteiger partial charge in [0.25, 0.3) is 5.91 Å². The Morgan fingerprint density at radius 2 is 2.32 bits per heavy atom. The number of oxime groups is 1. The van der Waals surface area contributed by atoms with Gasteiger partial charge in [-0.15, -0.1) is 11.3 Å². The summed E-state index contributed by atoms with van der Waals surface area (Å²) < 4.78 is 0.751. The average molecular weight is 341 g/mol. The Kier molecular flexibility index (Phi) is 4.13. The number of thiazole rings is 1. The molecule has 0 aliphatic carbocycles. The van der Waals surface area contributed by atoms with Crippen LogP contribution in [0.4, 0.5) is 5.69 Å². The Hall–Kier alpha value is -1.93. The van der Waals surface area contributed by atoms with Gasteiger partial charge in [-0.25, -0.2) is 4.98 Å². The summed E-state index contributed by atoms with van der Waals surface area (Å²) in [5.41, 5.74) is 8.32. The fourth-order valence-corrected chi connectivity index (χ4v) is 2.30. The molecule has 1 amide bonds. The van der Waals surface area contributed by atoms with Crippen LogP contribution >= 0.6 is 27.3 Å². The number of rotatable bonds is 3. The molecule has 1 aromatic heterocycles. The van der Waals surface area contributed by atoms with Crippen molar-refractivity contribution in [2.24, 2.45) is 10.9 Å². The van der Waals surface area contributed by atoms with E-state index in [9.17, 15) is 4.79 Å². The molecule has 8 heteroatoms. The first kappa shape index (κ1) is 13.5. The maximum Gasteiger partial charge on any atom is 0.275 e. The predicted octanol–water partition coefficient (Wildman–Crippen LogP) is 2.25. The number of hydrogen-bond acceptors (Lipinski definition) is 5. The standard InChI is InChI=1S/C11H9BrN4O2S/c12-6-1-2-8(7(3-6)10(13)16-18)15-11(17)9-4-19-5-14-9/h1-5,18H,(H2,13,16)(H,15,17). The molecule has 0 atom stereocenters. The topological polar surface area (TPSA) is 101 Å². The van der Waals surface area contributed by atoms with E-state index in [4.69, 9.17) is 10.9 Å². The van der Waals surface area contributed by atoms with Crippen LogP contribution in [0.5, 0.6) is 0 Å². The smallest absolute Gasteiger partial charge is 0.275 e. The Bertz CT molecular complexity index is 628. The highest BCUT2D eigenvalue weighted by molar-refractivity contribution is 9.10. The number of nitrogens with one attached hydrogen (secondary N) is 1. The van der Waals surface area contributed by atoms with Crippen molar-refractivity contribution in [1.82, 2.24) is 4.98 Å². The van der Waals surface area contributed by atoms with Gasteiger partial charge in [-0.3, -0.25) is 4.79 Å². The zero-order chi connectivity index (χ0) is 13.8. The normalized spacial score (nSPS) is 11.3. The zero-order valence-electron chi connectivity index (χ0n) is 9.50. The maximum atomic E-state index is 11.9. The van der Waals surface area contributed by atoms with Crippen LogP contribution in [-0.2, 0) is 0 Å². The first-order chi connectivity index (χ1) is 9.11. The Labute approximate surface area is 121 Å². The molecule has 2 aromatic rings. The first-order valence-electron chi connectivity index (χ1n) is 5.09. The van der Waals surface area contributed by atoms with E-state index >= 15 is 0 Å². The van der Waals surface area contributed by atoms with E-state index in [1.807, 2.05) is 0 Å². The third-order valence-electron chi connectivity index (χ3n) is 2.28. The molecule has 0 aliphatic heterocycles. The van der Waals surface area contributed by atoms with Crippen LogP contribution < -0.4 is 11.1 Å². The molecule has 0 saturated heterocycles. The molecule has 2 rings (SSSR count). The number of aromatic nitrogens is 1. The second-order valence-corrected chi connectivity index (χ2v) is 5.14. The molecule has 19 heavy (non-hydrogen) atoms. The number of halogens is 1. The van der Waals surface area contributed by atoms with Gasteiger partial charge in [0.15, 0.2) is 5.84 Å². The molecular weight excluding hydrogens is 332 g/mol. The molecule has 0 aliphatic rings. The minimum atomic E-state index is -0.351. The summed E-state index contributed by atoms with van der Waals surface area (Å²) in [6.07, 6.45) is 0. The molecule has 0 fully saturated rings. The molecule has 6 nitrogen and oxygen atoms in total. The van der Waals surface area contributed by atoms with E-state index in [2.05, 4.69) is 31.4 Å². The van der Waals surface area contributed by atoms with Crippen molar-refractivity contribution in [3.05, 3.63) is 44.8 Å². The average Bonchev–Trinajstić information content (AvgIpc) is 2.94. The summed E-state index contributed by atoms with van der Waals surface area (Å²) in [7, 11) is 0. The molecule has 98 valence electrons. The minimum absolute atomic E-state index is 0.0881. The quantitative estimate of drug-likeness (QED) is 0.345. The molecule has 0 unspecified atom stereocenters. The lowest BCUT2D eigenvalue weighted by molar-refractivity contribution is 0.102. The molecule has 0 saturated carbocycles. The van der Waals surface area contributed by atoms with Crippen molar-refractivity contribution >= 4 is 44.7 Å². The minimum Gasteiger partial charge on any atom is -0.409 e. The number of hydrogen-bond donors (Lipinski definition) is 3. The largest absolute Gasteiger partial charge is 0.409 e. The van der Waals surface area contributed by atoms with Crippen molar-refractivity contribution < 1.29 is 10.0 Å². The molecule has 1 aromatic carbocycles. The monoisotopic (exact) mass is 340 g/mol. The van der Waals surface area contributed by atoms with Crippen LogP contribution in [0, 0.1) is 0 Å². The number of amides is 1. The van der Waals surface area contributed by atoms with Crippen LogP contribution in [0.3, 0.4) is 0 Å². The van der Waals surface area contributed by atoms with Crippen LogP contribution in [0.25, 0.3) is 0 Å². The summed E-state index contributed by atoms with van der Waals surface area (Å²) in [6, 6.07) is 5.04. The summed E-state index contributed by atoms with van der Waals surface area (Å²) in [6.45, 7) is 0. The SMILES string of the molecule is N/C(=N/O)c1cc(Br)ccc1NC(=O)c1cscn1. The molecule has 0 spiro atoms. The second kappa shape index (κ2) is 5.81. The lowest BCUT2D eigenvalue weighted by atomic mass is 10.1. The van der Waals surface area contributed by atoms with Gasteiger partial charge in [-0.2, -0.15) is 0 Å². The fourth-order valence-electron chi connectivity index (χ4n) is 1.40. The number of nitrogens with two attached hydrogens (primary N) is 1. The van der Waals surface area contributed by atoms with E-state index in [1.54, 1.807) is 29.1 Å². The second-order valence-electron chi connectivity index (χ2n) is 3.50. The Balaban J connectivity index is 2.32. The van der Waals surface area contributed by atoms with Gasteiger partial charge < -0.3 is 16.3 Å². The Morgan fingerprint density at radius 3 is 2.95 bits per heavy atom. The zero-order valence-corrected chi connectivity index (χ0v) is 11.9. The number of amidine groups is 1. The van der Waals surface area contributed by atoms with E-state index in [0.717, 1.165) is 4.47 Å². The van der Waals surface area contributed by atoms with Gasteiger partial charge in [-0.05, 0) is 18.2 Å². The number of carbonyl (C=O) groups is 1. The fraction of sp³-hybridized carbons (Fsp3) is 0. The summed E-state index contributed by atoms with van der Waals surface area (Å²) in [5.74, 6) is -0.439. The van der Waals surface area contributed by atoms with Crippen molar-refractivity contribution in [1.29, 1.82) is 0 Å². The third kappa shape index (κ3) is 3.09. The van der Waals surface area contributed by atoms with Gasteiger partial charge in [0.05, 0.1) is 11.2 Å². The highest BCUT2D eigenvalue weighted by atomic mass is 79.9.